The smallest absolute Gasteiger partial charge is 0.146 e. The molecular formula is C15H23FN2O2. The predicted octanol–water partition coefficient (Wildman–Crippen LogP) is 1.52. The molecule has 1 aliphatic heterocycles. The van der Waals surface area contributed by atoms with Gasteiger partial charge in [0, 0.05) is 19.6 Å². The molecule has 0 spiro atoms. The van der Waals surface area contributed by atoms with Crippen molar-refractivity contribution in [1.29, 1.82) is 0 Å². The summed E-state index contributed by atoms with van der Waals surface area (Å²) in [5, 5.41) is 12.5. The Balaban J connectivity index is 2.15. The molecule has 1 fully saturated rings. The van der Waals surface area contributed by atoms with E-state index in [0.717, 1.165) is 18.5 Å². The first kappa shape index (κ1) is 15.2. The van der Waals surface area contributed by atoms with Crippen LogP contribution in [0, 0.1) is 5.82 Å². The lowest BCUT2D eigenvalue weighted by atomic mass is 10.1. The van der Waals surface area contributed by atoms with Crippen molar-refractivity contribution in [2.24, 2.45) is 0 Å². The van der Waals surface area contributed by atoms with E-state index >= 15 is 0 Å². The molecule has 0 amide bonds. The molecule has 0 radical (unpaired) electrons. The van der Waals surface area contributed by atoms with Gasteiger partial charge in [0.2, 0.25) is 0 Å². The first-order valence-electron chi connectivity index (χ1n) is 7.21. The number of ether oxygens (including phenoxy) is 1. The van der Waals surface area contributed by atoms with Crippen LogP contribution >= 0.6 is 0 Å². The van der Waals surface area contributed by atoms with Gasteiger partial charge in [0.1, 0.15) is 5.82 Å². The number of hydrogen-bond acceptors (Lipinski definition) is 4. The average molecular weight is 282 g/mol. The summed E-state index contributed by atoms with van der Waals surface area (Å²) >= 11 is 0. The molecule has 1 aromatic carbocycles. The molecule has 1 unspecified atom stereocenters. The van der Waals surface area contributed by atoms with Gasteiger partial charge < -0.3 is 20.1 Å². The standard InChI is InChI=1S/C15H23FN2O2/c1-2-6-17-9-12-4-3-5-14(16)15(12)18-7-8-20-13(10-18)11-19/h3-5,13,17,19H,2,6-11H2,1H3. The molecule has 1 heterocycles. The van der Waals surface area contributed by atoms with Crippen molar-refractivity contribution in [3.05, 3.63) is 29.6 Å². The van der Waals surface area contributed by atoms with Crippen molar-refractivity contribution in [3.63, 3.8) is 0 Å². The molecule has 20 heavy (non-hydrogen) atoms. The molecule has 0 aromatic heterocycles. The molecule has 0 saturated carbocycles. The molecule has 0 aliphatic carbocycles. The van der Waals surface area contributed by atoms with E-state index in [1.165, 1.54) is 6.07 Å². The number of aliphatic hydroxyl groups excluding tert-OH is 1. The average Bonchev–Trinajstić information content (AvgIpc) is 2.48. The van der Waals surface area contributed by atoms with Gasteiger partial charge in [-0.1, -0.05) is 19.1 Å². The molecule has 0 bridgehead atoms. The van der Waals surface area contributed by atoms with E-state index in [-0.39, 0.29) is 18.5 Å². The Morgan fingerprint density at radius 1 is 1.50 bits per heavy atom. The Kier molecular flexibility index (Phi) is 5.76. The highest BCUT2D eigenvalue weighted by atomic mass is 19.1. The molecule has 2 rings (SSSR count). The van der Waals surface area contributed by atoms with Crippen LogP contribution in [0.15, 0.2) is 18.2 Å². The minimum atomic E-state index is -0.236. The van der Waals surface area contributed by atoms with Crippen molar-refractivity contribution in [2.75, 3.05) is 37.7 Å². The molecule has 1 aromatic rings. The number of aliphatic hydroxyl groups is 1. The fourth-order valence-electron chi connectivity index (χ4n) is 2.49. The quantitative estimate of drug-likeness (QED) is 0.777. The first-order valence-corrected chi connectivity index (χ1v) is 7.21. The molecule has 112 valence electrons. The summed E-state index contributed by atoms with van der Waals surface area (Å²) in [6.07, 6.45) is 0.814. The summed E-state index contributed by atoms with van der Waals surface area (Å²) in [6.45, 7) is 5.33. The van der Waals surface area contributed by atoms with Crippen LogP contribution in [-0.2, 0) is 11.3 Å². The van der Waals surface area contributed by atoms with Gasteiger partial charge in [-0.3, -0.25) is 0 Å². The fraction of sp³-hybridized carbons (Fsp3) is 0.600. The topological polar surface area (TPSA) is 44.7 Å². The lowest BCUT2D eigenvalue weighted by Gasteiger charge is -2.35. The molecule has 5 heteroatoms. The third-order valence-corrected chi connectivity index (χ3v) is 3.47. The van der Waals surface area contributed by atoms with Crippen LogP contribution in [0.2, 0.25) is 0 Å². The van der Waals surface area contributed by atoms with Crippen molar-refractivity contribution in [1.82, 2.24) is 5.32 Å². The highest BCUT2D eigenvalue weighted by Crippen LogP contribution is 2.26. The number of halogens is 1. The van der Waals surface area contributed by atoms with Crippen LogP contribution < -0.4 is 10.2 Å². The van der Waals surface area contributed by atoms with E-state index in [0.29, 0.717) is 31.9 Å². The number of nitrogens with one attached hydrogen (secondary N) is 1. The van der Waals surface area contributed by atoms with Gasteiger partial charge in [-0.2, -0.15) is 0 Å². The highest BCUT2D eigenvalue weighted by molar-refractivity contribution is 5.55. The summed E-state index contributed by atoms with van der Waals surface area (Å²) in [5.41, 5.74) is 1.59. The maximum Gasteiger partial charge on any atom is 0.146 e. The normalized spacial score (nSPS) is 19.4. The molecule has 1 atom stereocenters. The van der Waals surface area contributed by atoms with Crippen molar-refractivity contribution in [3.8, 4) is 0 Å². The second-order valence-corrected chi connectivity index (χ2v) is 5.05. The Hall–Kier alpha value is -1.17. The van der Waals surface area contributed by atoms with Crippen LogP contribution in [-0.4, -0.2) is 44.1 Å². The highest BCUT2D eigenvalue weighted by Gasteiger charge is 2.23. The minimum absolute atomic E-state index is 0.0334. The minimum Gasteiger partial charge on any atom is -0.394 e. The SMILES string of the molecule is CCCNCc1cccc(F)c1N1CCOC(CO)C1. The number of benzene rings is 1. The Morgan fingerprint density at radius 3 is 3.10 bits per heavy atom. The molecular weight excluding hydrogens is 259 g/mol. The third kappa shape index (κ3) is 3.69. The van der Waals surface area contributed by atoms with Crippen LogP contribution in [0.5, 0.6) is 0 Å². The number of anilines is 1. The van der Waals surface area contributed by atoms with E-state index in [9.17, 15) is 9.50 Å². The van der Waals surface area contributed by atoms with E-state index in [1.54, 1.807) is 6.07 Å². The first-order chi connectivity index (χ1) is 9.76. The van der Waals surface area contributed by atoms with Gasteiger partial charge in [0.05, 0.1) is 25.0 Å². The van der Waals surface area contributed by atoms with E-state index in [4.69, 9.17) is 4.74 Å². The second-order valence-electron chi connectivity index (χ2n) is 5.05. The zero-order valence-corrected chi connectivity index (χ0v) is 11.9. The monoisotopic (exact) mass is 282 g/mol. The van der Waals surface area contributed by atoms with Crippen LogP contribution in [0.3, 0.4) is 0 Å². The number of morpholine rings is 1. The predicted molar refractivity (Wildman–Crippen MR) is 77.4 cm³/mol. The van der Waals surface area contributed by atoms with Gasteiger partial charge in [-0.25, -0.2) is 4.39 Å². The summed E-state index contributed by atoms with van der Waals surface area (Å²) in [4.78, 5) is 1.97. The number of nitrogens with zero attached hydrogens (tertiary/aromatic N) is 1. The lowest BCUT2D eigenvalue weighted by Crippen LogP contribution is -2.45. The molecule has 1 saturated heterocycles. The Bertz CT molecular complexity index is 428. The van der Waals surface area contributed by atoms with E-state index < -0.39 is 0 Å². The van der Waals surface area contributed by atoms with Crippen LogP contribution in [0.4, 0.5) is 10.1 Å². The van der Waals surface area contributed by atoms with Gasteiger partial charge in [0.15, 0.2) is 0 Å². The van der Waals surface area contributed by atoms with Crippen molar-refractivity contribution >= 4 is 5.69 Å². The zero-order valence-electron chi connectivity index (χ0n) is 11.9. The van der Waals surface area contributed by atoms with Crippen LogP contribution in [0.25, 0.3) is 0 Å². The van der Waals surface area contributed by atoms with Gasteiger partial charge in [-0.05, 0) is 24.6 Å². The third-order valence-electron chi connectivity index (χ3n) is 3.47. The Labute approximate surface area is 119 Å². The molecule has 4 nitrogen and oxygen atoms in total. The van der Waals surface area contributed by atoms with Crippen molar-refractivity contribution < 1.29 is 14.2 Å². The molecule has 1 aliphatic rings. The van der Waals surface area contributed by atoms with E-state index in [2.05, 4.69) is 12.2 Å². The van der Waals surface area contributed by atoms with E-state index in [1.807, 2.05) is 11.0 Å². The number of para-hydroxylation sites is 1. The Morgan fingerprint density at radius 2 is 2.35 bits per heavy atom. The van der Waals surface area contributed by atoms with Gasteiger partial charge >= 0.3 is 0 Å². The lowest BCUT2D eigenvalue weighted by molar-refractivity contribution is 0.00336. The maximum atomic E-state index is 14.2. The van der Waals surface area contributed by atoms with Gasteiger partial charge in [-0.15, -0.1) is 0 Å². The summed E-state index contributed by atoms with van der Waals surface area (Å²) in [7, 11) is 0. The summed E-state index contributed by atoms with van der Waals surface area (Å²) < 4.78 is 19.6. The zero-order chi connectivity index (χ0) is 14.4. The fourth-order valence-corrected chi connectivity index (χ4v) is 2.49. The maximum absolute atomic E-state index is 14.2. The summed E-state index contributed by atoms with van der Waals surface area (Å²) in [6, 6.07) is 5.18. The van der Waals surface area contributed by atoms with Gasteiger partial charge in [0.25, 0.3) is 0 Å². The van der Waals surface area contributed by atoms with Crippen molar-refractivity contribution in [2.45, 2.75) is 26.0 Å². The number of hydrogen-bond donors (Lipinski definition) is 2. The summed E-state index contributed by atoms with van der Waals surface area (Å²) in [5.74, 6) is -0.209. The second kappa shape index (κ2) is 7.57. The van der Waals surface area contributed by atoms with Crippen LogP contribution in [0.1, 0.15) is 18.9 Å². The number of rotatable bonds is 6. The largest absolute Gasteiger partial charge is 0.394 e. The molecule has 2 N–H and O–H groups in total.